The first-order valence-corrected chi connectivity index (χ1v) is 5.80. The Balaban J connectivity index is 2.12. The van der Waals surface area contributed by atoms with Crippen LogP contribution in [0.25, 0.3) is 0 Å². The topological polar surface area (TPSA) is 90.0 Å². The monoisotopic (exact) mass is 278 g/mol. The van der Waals surface area contributed by atoms with Gasteiger partial charge in [-0.15, -0.1) is 0 Å². The number of amides is 1. The van der Waals surface area contributed by atoms with Crippen molar-refractivity contribution in [3.63, 3.8) is 0 Å². The second-order valence-corrected chi connectivity index (χ2v) is 4.18. The molecule has 2 aromatic rings. The van der Waals surface area contributed by atoms with Gasteiger partial charge in [0.2, 0.25) is 5.91 Å². The first-order chi connectivity index (χ1) is 9.06. The summed E-state index contributed by atoms with van der Waals surface area (Å²) in [7, 11) is 0. The maximum atomic E-state index is 11.8. The van der Waals surface area contributed by atoms with Crippen molar-refractivity contribution in [3.8, 4) is 0 Å². The van der Waals surface area contributed by atoms with E-state index < -0.39 is 0 Å². The zero-order chi connectivity index (χ0) is 13.8. The van der Waals surface area contributed by atoms with Gasteiger partial charge in [-0.1, -0.05) is 11.6 Å². The van der Waals surface area contributed by atoms with Crippen LogP contribution in [0.1, 0.15) is 0 Å². The third-order valence-corrected chi connectivity index (χ3v) is 2.65. The van der Waals surface area contributed by atoms with E-state index in [1.54, 1.807) is 12.1 Å². The van der Waals surface area contributed by atoms with E-state index in [2.05, 4.69) is 10.3 Å². The van der Waals surface area contributed by atoms with Crippen LogP contribution in [-0.4, -0.2) is 15.5 Å². The molecule has 2 rings (SSSR count). The molecule has 0 aromatic carbocycles. The Bertz CT molecular complexity index is 669. The second-order valence-electron chi connectivity index (χ2n) is 3.82. The predicted molar refractivity (Wildman–Crippen MR) is 73.0 cm³/mol. The number of rotatable bonds is 3. The fourth-order valence-electron chi connectivity index (χ4n) is 1.50. The van der Waals surface area contributed by atoms with E-state index in [4.69, 9.17) is 17.3 Å². The number of carbonyl (C=O) groups is 1. The predicted octanol–water partition coefficient (Wildman–Crippen LogP) is 1.12. The SMILES string of the molecule is Nc1ccc(=O)n(CC(=O)Nc2cccnc2Cl)c1. The van der Waals surface area contributed by atoms with Crippen LogP contribution in [0, 0.1) is 0 Å². The Kier molecular flexibility index (Phi) is 3.82. The molecule has 6 nitrogen and oxygen atoms in total. The van der Waals surface area contributed by atoms with E-state index in [9.17, 15) is 9.59 Å². The average molecular weight is 279 g/mol. The molecule has 2 aromatic heterocycles. The maximum absolute atomic E-state index is 11.8. The van der Waals surface area contributed by atoms with Gasteiger partial charge in [0.05, 0.1) is 5.69 Å². The van der Waals surface area contributed by atoms with Crippen molar-refractivity contribution >= 4 is 28.9 Å². The highest BCUT2D eigenvalue weighted by Crippen LogP contribution is 2.17. The lowest BCUT2D eigenvalue weighted by atomic mass is 10.4. The Hall–Kier alpha value is -2.34. The molecule has 2 heterocycles. The molecule has 0 saturated heterocycles. The van der Waals surface area contributed by atoms with Crippen molar-refractivity contribution < 1.29 is 4.79 Å². The van der Waals surface area contributed by atoms with Gasteiger partial charge >= 0.3 is 0 Å². The Morgan fingerprint density at radius 1 is 1.42 bits per heavy atom. The molecule has 0 radical (unpaired) electrons. The minimum absolute atomic E-state index is 0.144. The fourth-order valence-corrected chi connectivity index (χ4v) is 1.66. The molecule has 98 valence electrons. The molecular weight excluding hydrogens is 268 g/mol. The van der Waals surface area contributed by atoms with Gasteiger partial charge in [-0.25, -0.2) is 4.98 Å². The summed E-state index contributed by atoms with van der Waals surface area (Å²) in [5, 5.41) is 2.76. The highest BCUT2D eigenvalue weighted by molar-refractivity contribution is 6.32. The van der Waals surface area contributed by atoms with Gasteiger partial charge in [-0.2, -0.15) is 0 Å². The molecule has 0 aliphatic carbocycles. The third kappa shape index (κ3) is 3.32. The molecule has 0 atom stereocenters. The molecule has 0 aliphatic heterocycles. The number of halogens is 1. The Morgan fingerprint density at radius 2 is 2.21 bits per heavy atom. The highest BCUT2D eigenvalue weighted by atomic mass is 35.5. The number of carbonyl (C=O) groups excluding carboxylic acids is 1. The summed E-state index contributed by atoms with van der Waals surface area (Å²) in [6.45, 7) is -0.144. The summed E-state index contributed by atoms with van der Waals surface area (Å²) >= 11 is 5.81. The van der Waals surface area contributed by atoms with Gasteiger partial charge in [0, 0.05) is 24.1 Å². The largest absolute Gasteiger partial charge is 0.398 e. The molecule has 0 spiro atoms. The zero-order valence-electron chi connectivity index (χ0n) is 9.84. The molecule has 0 aliphatic rings. The summed E-state index contributed by atoms with van der Waals surface area (Å²) in [5.74, 6) is -0.386. The number of aromatic nitrogens is 2. The van der Waals surface area contributed by atoms with Crippen molar-refractivity contribution in [2.75, 3.05) is 11.1 Å². The zero-order valence-corrected chi connectivity index (χ0v) is 10.6. The molecular formula is C12H11ClN4O2. The van der Waals surface area contributed by atoms with E-state index >= 15 is 0 Å². The van der Waals surface area contributed by atoms with E-state index in [0.717, 1.165) is 0 Å². The number of nitrogens with zero attached hydrogens (tertiary/aromatic N) is 2. The lowest BCUT2D eigenvalue weighted by molar-refractivity contribution is -0.116. The van der Waals surface area contributed by atoms with Crippen LogP contribution >= 0.6 is 11.6 Å². The van der Waals surface area contributed by atoms with Crippen molar-refractivity contribution in [1.29, 1.82) is 0 Å². The summed E-state index contributed by atoms with van der Waals surface area (Å²) in [6.07, 6.45) is 2.92. The summed E-state index contributed by atoms with van der Waals surface area (Å²) in [5.41, 5.74) is 6.06. The first-order valence-electron chi connectivity index (χ1n) is 5.42. The van der Waals surface area contributed by atoms with E-state index in [1.807, 2.05) is 0 Å². The van der Waals surface area contributed by atoms with Crippen LogP contribution in [0.4, 0.5) is 11.4 Å². The van der Waals surface area contributed by atoms with Crippen molar-refractivity contribution in [2.24, 2.45) is 0 Å². The smallest absolute Gasteiger partial charge is 0.251 e. The van der Waals surface area contributed by atoms with Crippen molar-refractivity contribution in [2.45, 2.75) is 6.54 Å². The number of nitrogens with two attached hydrogens (primary N) is 1. The van der Waals surface area contributed by atoms with Crippen LogP contribution < -0.4 is 16.6 Å². The number of nitrogens with one attached hydrogen (secondary N) is 1. The first kappa shape index (κ1) is 13.1. The van der Waals surface area contributed by atoms with Gasteiger partial charge in [0.25, 0.3) is 5.56 Å². The lowest BCUT2D eigenvalue weighted by Crippen LogP contribution is -2.27. The van der Waals surface area contributed by atoms with Crippen LogP contribution in [0.3, 0.4) is 0 Å². The molecule has 0 bridgehead atoms. The molecule has 0 saturated carbocycles. The normalized spacial score (nSPS) is 10.2. The van der Waals surface area contributed by atoms with Crippen LogP contribution in [-0.2, 0) is 11.3 Å². The van der Waals surface area contributed by atoms with Gasteiger partial charge in [-0.05, 0) is 18.2 Å². The van der Waals surface area contributed by atoms with Gasteiger partial charge in [0.1, 0.15) is 6.54 Å². The second kappa shape index (κ2) is 5.53. The van der Waals surface area contributed by atoms with Crippen LogP contribution in [0.2, 0.25) is 5.15 Å². The third-order valence-electron chi connectivity index (χ3n) is 2.35. The van der Waals surface area contributed by atoms with Crippen LogP contribution in [0.5, 0.6) is 0 Å². The number of hydrogen-bond donors (Lipinski definition) is 2. The minimum Gasteiger partial charge on any atom is -0.398 e. The number of anilines is 2. The minimum atomic E-state index is -0.386. The molecule has 1 amide bonds. The highest BCUT2D eigenvalue weighted by Gasteiger charge is 2.07. The van der Waals surface area contributed by atoms with Crippen LogP contribution in [0.15, 0.2) is 41.5 Å². The molecule has 0 unspecified atom stereocenters. The number of pyridine rings is 2. The molecule has 3 N–H and O–H groups in total. The number of nitrogen functional groups attached to an aromatic ring is 1. The van der Waals surface area contributed by atoms with Gasteiger partial charge in [0.15, 0.2) is 5.15 Å². The van der Waals surface area contributed by atoms with Crippen molar-refractivity contribution in [1.82, 2.24) is 9.55 Å². The summed E-state index contributed by atoms with van der Waals surface area (Å²) < 4.78 is 1.22. The van der Waals surface area contributed by atoms with E-state index in [-0.39, 0.29) is 23.2 Å². The lowest BCUT2D eigenvalue weighted by Gasteiger charge is -2.08. The Morgan fingerprint density at radius 3 is 2.95 bits per heavy atom. The molecule has 19 heavy (non-hydrogen) atoms. The van der Waals surface area contributed by atoms with E-state index in [0.29, 0.717) is 11.4 Å². The Labute approximate surface area is 113 Å². The fraction of sp³-hybridized carbons (Fsp3) is 0.0833. The molecule has 7 heteroatoms. The van der Waals surface area contributed by atoms with Gasteiger partial charge in [-0.3, -0.25) is 9.59 Å². The number of hydrogen-bond acceptors (Lipinski definition) is 4. The van der Waals surface area contributed by atoms with Gasteiger partial charge < -0.3 is 15.6 Å². The average Bonchev–Trinajstić information content (AvgIpc) is 2.37. The van der Waals surface area contributed by atoms with Crippen molar-refractivity contribution in [3.05, 3.63) is 52.2 Å². The van der Waals surface area contributed by atoms with E-state index in [1.165, 1.54) is 29.1 Å². The standard InChI is InChI=1S/C12H11ClN4O2/c13-12-9(2-1-5-15-12)16-10(18)7-17-6-8(14)3-4-11(17)19/h1-6H,7,14H2,(H,16,18). The quantitative estimate of drug-likeness (QED) is 0.823. The summed E-state index contributed by atoms with van der Waals surface area (Å²) in [6, 6.07) is 6.05. The summed E-state index contributed by atoms with van der Waals surface area (Å²) in [4.78, 5) is 27.1. The maximum Gasteiger partial charge on any atom is 0.251 e. The molecule has 0 fully saturated rings.